The molecule has 3 N–H and O–H groups in total. The highest BCUT2D eigenvalue weighted by molar-refractivity contribution is 5.22. The summed E-state index contributed by atoms with van der Waals surface area (Å²) in [6.45, 7) is 2.08. The Morgan fingerprint density at radius 3 is 2.38 bits per heavy atom. The quantitative estimate of drug-likeness (QED) is 0.609. The van der Waals surface area contributed by atoms with Crippen LogP contribution in [0.1, 0.15) is 25.3 Å². The van der Waals surface area contributed by atoms with E-state index in [1.54, 1.807) is 0 Å². The second-order valence-corrected chi connectivity index (χ2v) is 4.78. The first-order valence-electron chi connectivity index (χ1n) is 5.46. The molecular weight excluding hydrogens is 210 g/mol. The fourth-order valence-corrected chi connectivity index (χ4v) is 1.98. The van der Waals surface area contributed by atoms with Crippen molar-refractivity contribution in [1.29, 1.82) is 0 Å². The summed E-state index contributed by atoms with van der Waals surface area (Å²) in [6.07, 6.45) is 2.40. The Labute approximate surface area is 93.8 Å². The maximum absolute atomic E-state index is 13.4. The third-order valence-electron chi connectivity index (χ3n) is 3.55. The molecule has 1 aliphatic rings. The molecule has 2 nitrogen and oxygen atoms in total. The lowest BCUT2D eigenvalue weighted by Crippen LogP contribution is -2.43. The van der Waals surface area contributed by atoms with Gasteiger partial charge in [0, 0.05) is 11.6 Å². The molecule has 1 fully saturated rings. The van der Waals surface area contributed by atoms with E-state index in [1.807, 2.05) is 0 Å². The largest absolute Gasteiger partial charge is 0.271 e. The molecule has 0 aromatic heterocycles. The van der Waals surface area contributed by atoms with Gasteiger partial charge < -0.3 is 0 Å². The van der Waals surface area contributed by atoms with Gasteiger partial charge in [-0.3, -0.25) is 11.3 Å². The summed E-state index contributed by atoms with van der Waals surface area (Å²) in [4.78, 5) is 0. The Hall–Kier alpha value is -1.00. The summed E-state index contributed by atoms with van der Waals surface area (Å²) in [6, 6.07) is 3.86. The SMILES string of the molecule is CC1(C(Cc2c(F)cccc2F)NN)CC1. The number of halogens is 2. The normalized spacial score (nSPS) is 19.5. The average Bonchev–Trinajstić information content (AvgIpc) is 2.97. The molecule has 2 rings (SSSR count). The molecule has 88 valence electrons. The van der Waals surface area contributed by atoms with Gasteiger partial charge in [-0.15, -0.1) is 0 Å². The van der Waals surface area contributed by atoms with Gasteiger partial charge in [0.2, 0.25) is 0 Å². The van der Waals surface area contributed by atoms with Crippen molar-refractivity contribution in [2.75, 3.05) is 0 Å². The fraction of sp³-hybridized carbons (Fsp3) is 0.500. The molecule has 0 amide bonds. The number of hydrogen-bond donors (Lipinski definition) is 2. The van der Waals surface area contributed by atoms with Crippen LogP contribution in [-0.4, -0.2) is 6.04 Å². The summed E-state index contributed by atoms with van der Waals surface area (Å²) in [5.74, 6) is 4.46. The van der Waals surface area contributed by atoms with Crippen LogP contribution in [0.15, 0.2) is 18.2 Å². The minimum Gasteiger partial charge on any atom is -0.271 e. The summed E-state index contributed by atoms with van der Waals surface area (Å²) in [7, 11) is 0. The van der Waals surface area contributed by atoms with Gasteiger partial charge in [-0.1, -0.05) is 13.0 Å². The van der Waals surface area contributed by atoms with Gasteiger partial charge in [0.15, 0.2) is 0 Å². The van der Waals surface area contributed by atoms with Gasteiger partial charge in [0.25, 0.3) is 0 Å². The Kier molecular flexibility index (Phi) is 2.95. The van der Waals surface area contributed by atoms with Crippen molar-refractivity contribution < 1.29 is 8.78 Å². The van der Waals surface area contributed by atoms with Crippen molar-refractivity contribution in [3.8, 4) is 0 Å². The van der Waals surface area contributed by atoms with E-state index in [9.17, 15) is 8.78 Å². The zero-order valence-corrected chi connectivity index (χ0v) is 9.26. The molecule has 1 saturated carbocycles. The number of nitrogens with two attached hydrogens (primary N) is 1. The molecule has 1 unspecified atom stereocenters. The molecule has 1 aromatic rings. The first-order valence-corrected chi connectivity index (χ1v) is 5.46. The third kappa shape index (κ3) is 2.08. The van der Waals surface area contributed by atoms with E-state index in [2.05, 4.69) is 12.3 Å². The lowest BCUT2D eigenvalue weighted by atomic mass is 9.92. The standard InChI is InChI=1S/C12H16F2N2/c1-12(5-6-12)11(16-15)7-8-9(13)3-2-4-10(8)14/h2-4,11,16H,5-7,15H2,1H3. The van der Waals surface area contributed by atoms with E-state index in [0.29, 0.717) is 6.42 Å². The van der Waals surface area contributed by atoms with E-state index in [-0.39, 0.29) is 17.0 Å². The molecule has 0 heterocycles. The minimum atomic E-state index is -0.496. The van der Waals surface area contributed by atoms with Crippen molar-refractivity contribution in [2.24, 2.45) is 11.3 Å². The van der Waals surface area contributed by atoms with E-state index < -0.39 is 11.6 Å². The predicted octanol–water partition coefficient (Wildman–Crippen LogP) is 2.14. The molecule has 16 heavy (non-hydrogen) atoms. The van der Waals surface area contributed by atoms with Crippen LogP contribution in [0.5, 0.6) is 0 Å². The molecule has 1 aromatic carbocycles. The number of hydrazine groups is 1. The van der Waals surface area contributed by atoms with Crippen LogP contribution in [0, 0.1) is 17.0 Å². The number of hydrogen-bond acceptors (Lipinski definition) is 2. The minimum absolute atomic E-state index is 0.0705. The smallest absolute Gasteiger partial charge is 0.129 e. The molecule has 4 heteroatoms. The molecule has 0 radical (unpaired) electrons. The zero-order valence-electron chi connectivity index (χ0n) is 9.26. The lowest BCUT2D eigenvalue weighted by molar-refractivity contribution is 0.351. The second kappa shape index (κ2) is 4.11. The Balaban J connectivity index is 2.19. The molecule has 1 atom stereocenters. The summed E-state index contributed by atoms with van der Waals surface area (Å²) >= 11 is 0. The van der Waals surface area contributed by atoms with Gasteiger partial charge in [-0.05, 0) is 36.8 Å². The van der Waals surface area contributed by atoms with Gasteiger partial charge >= 0.3 is 0 Å². The molecule has 0 bridgehead atoms. The van der Waals surface area contributed by atoms with Crippen molar-refractivity contribution in [3.63, 3.8) is 0 Å². The molecule has 0 saturated heterocycles. The first kappa shape index (κ1) is 11.5. The zero-order chi connectivity index (χ0) is 11.8. The second-order valence-electron chi connectivity index (χ2n) is 4.78. The van der Waals surface area contributed by atoms with Crippen LogP contribution in [0.2, 0.25) is 0 Å². The number of benzene rings is 1. The topological polar surface area (TPSA) is 38.0 Å². The number of nitrogens with one attached hydrogen (secondary N) is 1. The van der Waals surface area contributed by atoms with E-state index in [1.165, 1.54) is 18.2 Å². The van der Waals surface area contributed by atoms with Gasteiger partial charge in [0.05, 0.1) is 0 Å². The predicted molar refractivity (Wildman–Crippen MR) is 58.5 cm³/mol. The third-order valence-corrected chi connectivity index (χ3v) is 3.55. The molecule has 0 aliphatic heterocycles. The monoisotopic (exact) mass is 226 g/mol. The number of rotatable bonds is 4. The van der Waals surface area contributed by atoms with E-state index in [4.69, 9.17) is 5.84 Å². The van der Waals surface area contributed by atoms with E-state index >= 15 is 0 Å². The van der Waals surface area contributed by atoms with Crippen LogP contribution in [0.4, 0.5) is 8.78 Å². The van der Waals surface area contributed by atoms with Crippen molar-refractivity contribution in [1.82, 2.24) is 5.43 Å². The van der Waals surface area contributed by atoms with Crippen molar-refractivity contribution in [3.05, 3.63) is 35.4 Å². The van der Waals surface area contributed by atoms with Gasteiger partial charge in [0.1, 0.15) is 11.6 Å². The van der Waals surface area contributed by atoms with Crippen molar-refractivity contribution in [2.45, 2.75) is 32.2 Å². The van der Waals surface area contributed by atoms with E-state index in [0.717, 1.165) is 12.8 Å². The van der Waals surface area contributed by atoms with Crippen LogP contribution >= 0.6 is 0 Å². The van der Waals surface area contributed by atoms with Crippen LogP contribution in [-0.2, 0) is 6.42 Å². The van der Waals surface area contributed by atoms with Gasteiger partial charge in [-0.2, -0.15) is 0 Å². The van der Waals surface area contributed by atoms with Crippen LogP contribution in [0.25, 0.3) is 0 Å². The highest BCUT2D eigenvalue weighted by Crippen LogP contribution is 2.48. The van der Waals surface area contributed by atoms with Crippen LogP contribution in [0.3, 0.4) is 0 Å². The summed E-state index contributed by atoms with van der Waals surface area (Å²) in [5, 5.41) is 0. The fourth-order valence-electron chi connectivity index (χ4n) is 1.98. The molecule has 0 spiro atoms. The average molecular weight is 226 g/mol. The van der Waals surface area contributed by atoms with Crippen molar-refractivity contribution >= 4 is 0 Å². The Morgan fingerprint density at radius 2 is 1.94 bits per heavy atom. The molecule has 1 aliphatic carbocycles. The Morgan fingerprint density at radius 1 is 1.38 bits per heavy atom. The summed E-state index contributed by atoms with van der Waals surface area (Å²) < 4.78 is 26.9. The Bertz CT molecular complexity index is 368. The highest BCUT2D eigenvalue weighted by atomic mass is 19.1. The summed E-state index contributed by atoms with van der Waals surface area (Å²) in [5.41, 5.74) is 2.88. The lowest BCUT2D eigenvalue weighted by Gasteiger charge is -2.23. The highest BCUT2D eigenvalue weighted by Gasteiger charge is 2.44. The maximum atomic E-state index is 13.4. The maximum Gasteiger partial charge on any atom is 0.129 e. The van der Waals surface area contributed by atoms with Gasteiger partial charge in [-0.25, -0.2) is 8.78 Å². The first-order chi connectivity index (χ1) is 7.57. The van der Waals surface area contributed by atoms with Crippen LogP contribution < -0.4 is 11.3 Å². The molecular formula is C12H16F2N2.